The third-order valence-corrected chi connectivity index (χ3v) is 2.51. The van der Waals surface area contributed by atoms with Gasteiger partial charge in [0.1, 0.15) is 5.78 Å². The topological polar surface area (TPSA) is 47.8 Å². The molecular formula is C12H21N3O. The number of unbranched alkanes of at least 4 members (excludes halogenated alkanes) is 2. The lowest BCUT2D eigenvalue weighted by atomic mass is 10.1. The summed E-state index contributed by atoms with van der Waals surface area (Å²) >= 11 is 0. The fourth-order valence-electron chi connectivity index (χ4n) is 1.64. The molecule has 0 unspecified atom stereocenters. The Kier molecular flexibility index (Phi) is 5.75. The zero-order chi connectivity index (χ0) is 11.8. The van der Waals surface area contributed by atoms with Gasteiger partial charge >= 0.3 is 0 Å². The number of aryl methyl sites for hydroxylation is 2. The first kappa shape index (κ1) is 12.9. The molecule has 1 aromatic rings. The van der Waals surface area contributed by atoms with Crippen molar-refractivity contribution in [2.45, 2.75) is 58.9 Å². The molecule has 16 heavy (non-hydrogen) atoms. The molecule has 0 atom stereocenters. The summed E-state index contributed by atoms with van der Waals surface area (Å²) in [6.07, 6.45) is 7.99. The molecule has 0 saturated heterocycles. The van der Waals surface area contributed by atoms with Gasteiger partial charge in [-0.3, -0.25) is 4.68 Å². The summed E-state index contributed by atoms with van der Waals surface area (Å²) < 4.78 is 1.90. The molecule has 1 aromatic heterocycles. The number of aromatic nitrogens is 3. The third-order valence-electron chi connectivity index (χ3n) is 2.51. The summed E-state index contributed by atoms with van der Waals surface area (Å²) in [6.45, 7) is 4.70. The van der Waals surface area contributed by atoms with E-state index in [4.69, 9.17) is 0 Å². The zero-order valence-electron chi connectivity index (χ0n) is 10.3. The highest BCUT2D eigenvalue weighted by molar-refractivity contribution is 5.75. The van der Waals surface area contributed by atoms with Crippen molar-refractivity contribution < 1.29 is 4.79 Å². The summed E-state index contributed by atoms with van der Waals surface area (Å²) in [5, 5.41) is 8.16. The van der Waals surface area contributed by atoms with Gasteiger partial charge in [0, 0.05) is 19.2 Å². The third kappa shape index (κ3) is 5.05. The fraction of sp³-hybridized carbons (Fsp3) is 0.750. The van der Waals surface area contributed by atoms with Crippen LogP contribution in [-0.4, -0.2) is 20.8 Å². The van der Waals surface area contributed by atoms with Crippen molar-refractivity contribution >= 4 is 5.78 Å². The van der Waals surface area contributed by atoms with Crippen LogP contribution in [0, 0.1) is 0 Å². The minimum Gasteiger partial charge on any atom is -0.300 e. The lowest BCUT2D eigenvalue weighted by Crippen LogP contribution is -1.99. The lowest BCUT2D eigenvalue weighted by Gasteiger charge is -1.99. The molecule has 4 nitrogen and oxygen atoms in total. The maximum Gasteiger partial charge on any atom is 0.129 e. The average molecular weight is 223 g/mol. The standard InChI is InChI=1S/C12H21N3O/c1-3-7-12-10-15(14-13-12)9-6-4-5-8-11(2)16/h10H,3-9H2,1-2H3. The molecule has 0 N–H and O–H groups in total. The Bertz CT molecular complexity index is 320. The molecule has 0 bridgehead atoms. The maximum atomic E-state index is 10.7. The van der Waals surface area contributed by atoms with Crippen LogP contribution in [0.5, 0.6) is 0 Å². The van der Waals surface area contributed by atoms with Crippen LogP contribution in [0.15, 0.2) is 6.20 Å². The Morgan fingerprint density at radius 3 is 2.88 bits per heavy atom. The molecule has 0 saturated carbocycles. The van der Waals surface area contributed by atoms with Crippen LogP contribution in [0.4, 0.5) is 0 Å². The number of hydrogen-bond donors (Lipinski definition) is 0. The summed E-state index contributed by atoms with van der Waals surface area (Å²) in [5.74, 6) is 0.283. The van der Waals surface area contributed by atoms with Gasteiger partial charge in [-0.25, -0.2) is 0 Å². The fourth-order valence-corrected chi connectivity index (χ4v) is 1.64. The molecule has 0 spiro atoms. The number of nitrogens with zero attached hydrogens (tertiary/aromatic N) is 3. The number of Topliss-reactive ketones (excluding diaryl/α,β-unsaturated/α-hetero) is 1. The van der Waals surface area contributed by atoms with Crippen LogP contribution in [0.3, 0.4) is 0 Å². The highest BCUT2D eigenvalue weighted by atomic mass is 16.1. The Morgan fingerprint density at radius 2 is 2.19 bits per heavy atom. The zero-order valence-corrected chi connectivity index (χ0v) is 10.3. The maximum absolute atomic E-state index is 10.7. The minimum atomic E-state index is 0.283. The van der Waals surface area contributed by atoms with E-state index in [0.29, 0.717) is 6.42 Å². The van der Waals surface area contributed by atoms with Crippen LogP contribution in [0.2, 0.25) is 0 Å². The second-order valence-corrected chi connectivity index (χ2v) is 4.24. The summed E-state index contributed by atoms with van der Waals surface area (Å²) in [5.41, 5.74) is 1.08. The van der Waals surface area contributed by atoms with Gasteiger partial charge in [0.25, 0.3) is 0 Å². The van der Waals surface area contributed by atoms with Crippen molar-refractivity contribution in [2.75, 3.05) is 0 Å². The number of ketones is 1. The monoisotopic (exact) mass is 223 g/mol. The largest absolute Gasteiger partial charge is 0.300 e. The summed E-state index contributed by atoms with van der Waals surface area (Å²) in [7, 11) is 0. The van der Waals surface area contributed by atoms with Crippen molar-refractivity contribution in [3.63, 3.8) is 0 Å². The van der Waals surface area contributed by atoms with Gasteiger partial charge in [0.2, 0.25) is 0 Å². The van der Waals surface area contributed by atoms with Crippen molar-refractivity contribution in [1.29, 1.82) is 0 Å². The first-order valence-corrected chi connectivity index (χ1v) is 6.11. The van der Waals surface area contributed by atoms with E-state index in [1.807, 2.05) is 10.9 Å². The molecule has 4 heteroatoms. The van der Waals surface area contributed by atoms with Crippen LogP contribution < -0.4 is 0 Å². The second kappa shape index (κ2) is 7.14. The molecular weight excluding hydrogens is 202 g/mol. The van der Waals surface area contributed by atoms with Crippen molar-refractivity contribution in [3.05, 3.63) is 11.9 Å². The first-order valence-electron chi connectivity index (χ1n) is 6.11. The average Bonchev–Trinajstić information content (AvgIpc) is 2.65. The van der Waals surface area contributed by atoms with Gasteiger partial charge in [-0.2, -0.15) is 0 Å². The van der Waals surface area contributed by atoms with E-state index < -0.39 is 0 Å². The molecule has 0 fully saturated rings. The van der Waals surface area contributed by atoms with Crippen molar-refractivity contribution in [1.82, 2.24) is 15.0 Å². The predicted octanol–water partition coefficient (Wildman–Crippen LogP) is 2.38. The number of carbonyl (C=O) groups excluding carboxylic acids is 1. The number of hydrogen-bond acceptors (Lipinski definition) is 3. The summed E-state index contributed by atoms with van der Waals surface area (Å²) in [6, 6.07) is 0. The number of carbonyl (C=O) groups is 1. The molecule has 0 aliphatic rings. The van der Waals surface area contributed by atoms with Crippen LogP contribution >= 0.6 is 0 Å². The van der Waals surface area contributed by atoms with Crippen LogP contribution in [-0.2, 0) is 17.8 Å². The van der Waals surface area contributed by atoms with E-state index in [1.54, 1.807) is 6.92 Å². The molecule has 0 aliphatic carbocycles. The Balaban J connectivity index is 2.14. The lowest BCUT2D eigenvalue weighted by molar-refractivity contribution is -0.117. The highest BCUT2D eigenvalue weighted by Crippen LogP contribution is 2.03. The van der Waals surface area contributed by atoms with E-state index in [9.17, 15) is 4.79 Å². The molecule has 1 heterocycles. The molecule has 0 amide bonds. The molecule has 0 radical (unpaired) electrons. The van der Waals surface area contributed by atoms with Crippen LogP contribution in [0.25, 0.3) is 0 Å². The van der Waals surface area contributed by atoms with E-state index in [1.165, 1.54) is 0 Å². The van der Waals surface area contributed by atoms with Crippen LogP contribution in [0.1, 0.15) is 51.6 Å². The highest BCUT2D eigenvalue weighted by Gasteiger charge is 1.99. The van der Waals surface area contributed by atoms with Crippen molar-refractivity contribution in [3.8, 4) is 0 Å². The molecule has 1 rings (SSSR count). The van der Waals surface area contributed by atoms with E-state index in [2.05, 4.69) is 17.2 Å². The SMILES string of the molecule is CCCc1cn(CCCCCC(C)=O)nn1. The predicted molar refractivity (Wildman–Crippen MR) is 63.2 cm³/mol. The van der Waals surface area contributed by atoms with Gasteiger partial charge in [-0.15, -0.1) is 5.10 Å². The minimum absolute atomic E-state index is 0.283. The van der Waals surface area contributed by atoms with E-state index in [-0.39, 0.29) is 5.78 Å². The number of rotatable bonds is 8. The van der Waals surface area contributed by atoms with Gasteiger partial charge in [-0.05, 0) is 26.2 Å². The molecule has 0 aromatic carbocycles. The van der Waals surface area contributed by atoms with Crippen molar-refractivity contribution in [2.24, 2.45) is 0 Å². The van der Waals surface area contributed by atoms with E-state index >= 15 is 0 Å². The molecule has 90 valence electrons. The quantitative estimate of drug-likeness (QED) is 0.636. The Morgan fingerprint density at radius 1 is 1.38 bits per heavy atom. The Labute approximate surface area is 97.0 Å². The van der Waals surface area contributed by atoms with Gasteiger partial charge in [0.05, 0.1) is 5.69 Å². The summed E-state index contributed by atoms with van der Waals surface area (Å²) in [4.78, 5) is 10.7. The van der Waals surface area contributed by atoms with Gasteiger partial charge in [-0.1, -0.05) is 25.0 Å². The van der Waals surface area contributed by atoms with Gasteiger partial charge < -0.3 is 4.79 Å². The van der Waals surface area contributed by atoms with E-state index in [0.717, 1.165) is 44.3 Å². The first-order chi connectivity index (χ1) is 7.72. The Hall–Kier alpha value is -1.19. The second-order valence-electron chi connectivity index (χ2n) is 4.24. The normalized spacial score (nSPS) is 10.6. The molecule has 0 aliphatic heterocycles. The van der Waals surface area contributed by atoms with Gasteiger partial charge in [0.15, 0.2) is 0 Å². The smallest absolute Gasteiger partial charge is 0.129 e.